The Balaban J connectivity index is 1.69. The molecule has 2 aromatic rings. The fraction of sp³-hybridized carbons (Fsp3) is 0.235. The quantitative estimate of drug-likeness (QED) is 0.805. The standard InChI is InChI=1S/C17H19N3O2/c1-13-7-5-11-18-16(13)20-15(21)10-6-12-19-17(22)14-8-3-2-4-9-14/h2-5,7-9,11H,6,10,12H2,1H3,(H,19,22)(H,18,20,21). The summed E-state index contributed by atoms with van der Waals surface area (Å²) >= 11 is 0. The third-order valence-corrected chi connectivity index (χ3v) is 3.17. The molecule has 114 valence electrons. The number of hydrogen-bond acceptors (Lipinski definition) is 3. The lowest BCUT2D eigenvalue weighted by Crippen LogP contribution is -2.25. The van der Waals surface area contributed by atoms with E-state index >= 15 is 0 Å². The zero-order chi connectivity index (χ0) is 15.8. The van der Waals surface area contributed by atoms with Gasteiger partial charge in [-0.1, -0.05) is 24.3 Å². The number of amides is 2. The molecule has 5 heteroatoms. The number of carbonyl (C=O) groups excluding carboxylic acids is 2. The van der Waals surface area contributed by atoms with Crippen LogP contribution in [0.4, 0.5) is 5.82 Å². The summed E-state index contributed by atoms with van der Waals surface area (Å²) in [6, 6.07) is 12.7. The minimum atomic E-state index is -0.124. The number of hydrogen-bond donors (Lipinski definition) is 2. The van der Waals surface area contributed by atoms with Crippen molar-refractivity contribution in [3.8, 4) is 0 Å². The summed E-state index contributed by atoms with van der Waals surface area (Å²) in [5, 5.41) is 5.56. The van der Waals surface area contributed by atoms with E-state index < -0.39 is 0 Å². The summed E-state index contributed by atoms with van der Waals surface area (Å²) in [6.45, 7) is 2.35. The van der Waals surface area contributed by atoms with Gasteiger partial charge in [-0.15, -0.1) is 0 Å². The minimum absolute atomic E-state index is 0.101. The largest absolute Gasteiger partial charge is 0.352 e. The molecule has 22 heavy (non-hydrogen) atoms. The Hall–Kier alpha value is -2.69. The van der Waals surface area contributed by atoms with Crippen molar-refractivity contribution in [1.29, 1.82) is 0 Å². The van der Waals surface area contributed by atoms with Crippen LogP contribution in [0.3, 0.4) is 0 Å². The Morgan fingerprint density at radius 2 is 1.86 bits per heavy atom. The van der Waals surface area contributed by atoms with Gasteiger partial charge in [0, 0.05) is 24.7 Å². The first-order valence-electron chi connectivity index (χ1n) is 7.21. The lowest BCUT2D eigenvalue weighted by molar-refractivity contribution is -0.116. The Kier molecular flexibility index (Phi) is 5.65. The van der Waals surface area contributed by atoms with Crippen molar-refractivity contribution < 1.29 is 9.59 Å². The topological polar surface area (TPSA) is 71.1 Å². The van der Waals surface area contributed by atoms with Crippen molar-refractivity contribution in [2.24, 2.45) is 0 Å². The van der Waals surface area contributed by atoms with Gasteiger partial charge >= 0.3 is 0 Å². The van der Waals surface area contributed by atoms with Crippen LogP contribution in [0.25, 0.3) is 0 Å². The Labute approximate surface area is 129 Å². The Bertz CT molecular complexity index is 641. The van der Waals surface area contributed by atoms with Crippen LogP contribution < -0.4 is 10.6 Å². The lowest BCUT2D eigenvalue weighted by atomic mass is 10.2. The smallest absolute Gasteiger partial charge is 0.251 e. The molecule has 0 aliphatic carbocycles. The first kappa shape index (κ1) is 15.7. The van der Waals surface area contributed by atoms with E-state index in [2.05, 4.69) is 15.6 Å². The molecule has 2 N–H and O–H groups in total. The van der Waals surface area contributed by atoms with Crippen molar-refractivity contribution in [3.05, 3.63) is 59.8 Å². The molecule has 0 aliphatic rings. The summed E-state index contributed by atoms with van der Waals surface area (Å²) < 4.78 is 0. The van der Waals surface area contributed by atoms with E-state index in [9.17, 15) is 9.59 Å². The van der Waals surface area contributed by atoms with Crippen LogP contribution >= 0.6 is 0 Å². The van der Waals surface area contributed by atoms with Crippen LogP contribution in [-0.4, -0.2) is 23.3 Å². The second kappa shape index (κ2) is 7.93. The third-order valence-electron chi connectivity index (χ3n) is 3.17. The van der Waals surface area contributed by atoms with Crippen molar-refractivity contribution in [2.75, 3.05) is 11.9 Å². The summed E-state index contributed by atoms with van der Waals surface area (Å²) in [5.41, 5.74) is 1.55. The molecule has 0 atom stereocenters. The van der Waals surface area contributed by atoms with E-state index in [4.69, 9.17) is 0 Å². The van der Waals surface area contributed by atoms with Gasteiger partial charge in [0.05, 0.1) is 0 Å². The highest BCUT2D eigenvalue weighted by Gasteiger charge is 2.07. The van der Waals surface area contributed by atoms with Gasteiger partial charge in [0.15, 0.2) is 0 Å². The summed E-state index contributed by atoms with van der Waals surface area (Å²) in [4.78, 5) is 27.7. The molecule has 0 saturated heterocycles. The maximum absolute atomic E-state index is 11.8. The highest BCUT2D eigenvalue weighted by molar-refractivity contribution is 5.94. The highest BCUT2D eigenvalue weighted by atomic mass is 16.2. The van der Waals surface area contributed by atoms with Crippen LogP contribution in [0, 0.1) is 6.92 Å². The zero-order valence-electron chi connectivity index (χ0n) is 12.5. The second-order valence-corrected chi connectivity index (χ2v) is 4.94. The van der Waals surface area contributed by atoms with Gasteiger partial charge < -0.3 is 10.6 Å². The zero-order valence-corrected chi connectivity index (χ0v) is 12.5. The Morgan fingerprint density at radius 3 is 2.59 bits per heavy atom. The number of anilines is 1. The number of rotatable bonds is 6. The predicted octanol–water partition coefficient (Wildman–Crippen LogP) is 2.54. The molecule has 0 radical (unpaired) electrons. The molecule has 2 rings (SSSR count). The monoisotopic (exact) mass is 297 g/mol. The van der Waals surface area contributed by atoms with E-state index in [1.54, 1.807) is 18.3 Å². The Morgan fingerprint density at radius 1 is 1.09 bits per heavy atom. The average molecular weight is 297 g/mol. The third kappa shape index (κ3) is 4.70. The van der Waals surface area contributed by atoms with Crippen LogP contribution in [0.15, 0.2) is 48.7 Å². The van der Waals surface area contributed by atoms with Crippen molar-refractivity contribution in [2.45, 2.75) is 19.8 Å². The first-order valence-corrected chi connectivity index (χ1v) is 7.21. The SMILES string of the molecule is Cc1cccnc1NC(=O)CCCNC(=O)c1ccccc1. The van der Waals surface area contributed by atoms with Gasteiger partial charge in [0.2, 0.25) is 5.91 Å². The molecule has 1 heterocycles. The number of aromatic nitrogens is 1. The number of carbonyl (C=O) groups is 2. The fourth-order valence-corrected chi connectivity index (χ4v) is 1.95. The number of nitrogens with one attached hydrogen (secondary N) is 2. The van der Waals surface area contributed by atoms with Gasteiger partial charge in [0.25, 0.3) is 5.91 Å². The van der Waals surface area contributed by atoms with Gasteiger partial charge in [-0.25, -0.2) is 4.98 Å². The van der Waals surface area contributed by atoms with Crippen LogP contribution in [-0.2, 0) is 4.79 Å². The van der Waals surface area contributed by atoms with Gasteiger partial charge in [-0.3, -0.25) is 9.59 Å². The molecule has 0 fully saturated rings. The number of benzene rings is 1. The number of aryl methyl sites for hydroxylation is 1. The molecule has 1 aromatic carbocycles. The molecule has 2 amide bonds. The molecule has 0 saturated carbocycles. The molecule has 0 spiro atoms. The molecular weight excluding hydrogens is 278 g/mol. The number of pyridine rings is 1. The maximum Gasteiger partial charge on any atom is 0.251 e. The van der Waals surface area contributed by atoms with Crippen molar-refractivity contribution >= 4 is 17.6 Å². The summed E-state index contributed by atoms with van der Waals surface area (Å²) in [6.07, 6.45) is 2.56. The van der Waals surface area contributed by atoms with Crippen molar-refractivity contribution in [1.82, 2.24) is 10.3 Å². The van der Waals surface area contributed by atoms with Crippen molar-refractivity contribution in [3.63, 3.8) is 0 Å². The van der Waals surface area contributed by atoms with E-state index in [-0.39, 0.29) is 11.8 Å². The second-order valence-electron chi connectivity index (χ2n) is 4.94. The van der Waals surface area contributed by atoms with E-state index in [0.29, 0.717) is 30.8 Å². The van der Waals surface area contributed by atoms with E-state index in [0.717, 1.165) is 5.56 Å². The van der Waals surface area contributed by atoms with Gasteiger partial charge in [0.1, 0.15) is 5.82 Å². The molecule has 5 nitrogen and oxygen atoms in total. The molecule has 0 unspecified atom stereocenters. The number of nitrogens with zero attached hydrogens (tertiary/aromatic N) is 1. The van der Waals surface area contributed by atoms with Crippen LogP contribution in [0.1, 0.15) is 28.8 Å². The maximum atomic E-state index is 11.8. The van der Waals surface area contributed by atoms with Crippen LogP contribution in [0.5, 0.6) is 0 Å². The van der Waals surface area contributed by atoms with E-state index in [1.807, 2.05) is 37.3 Å². The minimum Gasteiger partial charge on any atom is -0.352 e. The molecule has 0 bridgehead atoms. The molecule has 0 aliphatic heterocycles. The van der Waals surface area contributed by atoms with Crippen LogP contribution in [0.2, 0.25) is 0 Å². The summed E-state index contributed by atoms with van der Waals surface area (Å²) in [7, 11) is 0. The summed E-state index contributed by atoms with van der Waals surface area (Å²) in [5.74, 6) is 0.359. The van der Waals surface area contributed by atoms with Gasteiger partial charge in [-0.2, -0.15) is 0 Å². The van der Waals surface area contributed by atoms with Gasteiger partial charge in [-0.05, 0) is 37.1 Å². The first-order chi connectivity index (χ1) is 10.7. The fourth-order valence-electron chi connectivity index (χ4n) is 1.95. The highest BCUT2D eigenvalue weighted by Crippen LogP contribution is 2.09. The molecular formula is C17H19N3O2. The average Bonchev–Trinajstić information content (AvgIpc) is 2.54. The van der Waals surface area contributed by atoms with E-state index in [1.165, 1.54) is 0 Å². The normalized spacial score (nSPS) is 10.0. The predicted molar refractivity (Wildman–Crippen MR) is 85.6 cm³/mol. The lowest BCUT2D eigenvalue weighted by Gasteiger charge is -2.07. The molecule has 1 aromatic heterocycles.